The molecule has 24 heavy (non-hydrogen) atoms. The SMILES string of the molecule is CO[C@H]1C=C[C@]23c4cc5c(cc4CO[C@@]2(O)CN(C)[C@H]3C1)OCO5. The highest BCUT2D eigenvalue weighted by atomic mass is 16.7. The number of likely N-dealkylation sites (N-methyl/N-ethyl adjacent to an activating group) is 1. The summed E-state index contributed by atoms with van der Waals surface area (Å²) in [6.07, 6.45) is 4.98. The molecule has 1 aliphatic carbocycles. The zero-order valence-electron chi connectivity index (χ0n) is 13.8. The van der Waals surface area contributed by atoms with Crippen molar-refractivity contribution in [3.8, 4) is 11.5 Å². The number of likely N-dealkylation sites (tertiary alicyclic amines) is 1. The molecule has 1 N–H and O–H groups in total. The van der Waals surface area contributed by atoms with Crippen LogP contribution in [0.15, 0.2) is 24.3 Å². The van der Waals surface area contributed by atoms with Gasteiger partial charge in [-0.3, -0.25) is 4.90 Å². The number of ether oxygens (including phenoxy) is 4. The molecule has 5 rings (SSSR count). The normalized spacial score (nSPS) is 39.5. The van der Waals surface area contributed by atoms with Crippen LogP contribution in [0.3, 0.4) is 0 Å². The Morgan fingerprint density at radius 1 is 1.29 bits per heavy atom. The van der Waals surface area contributed by atoms with Crippen molar-refractivity contribution in [2.75, 3.05) is 27.5 Å². The topological polar surface area (TPSA) is 60.4 Å². The first kappa shape index (κ1) is 14.7. The van der Waals surface area contributed by atoms with Crippen molar-refractivity contribution >= 4 is 0 Å². The minimum absolute atomic E-state index is 0.0461. The van der Waals surface area contributed by atoms with E-state index in [0.29, 0.717) is 13.2 Å². The summed E-state index contributed by atoms with van der Waals surface area (Å²) >= 11 is 0. The average molecular weight is 331 g/mol. The minimum Gasteiger partial charge on any atom is -0.454 e. The van der Waals surface area contributed by atoms with E-state index in [1.54, 1.807) is 7.11 Å². The van der Waals surface area contributed by atoms with E-state index in [-0.39, 0.29) is 18.9 Å². The van der Waals surface area contributed by atoms with Crippen LogP contribution < -0.4 is 9.47 Å². The summed E-state index contributed by atoms with van der Waals surface area (Å²) in [6, 6.07) is 4.10. The largest absolute Gasteiger partial charge is 0.454 e. The minimum atomic E-state index is -1.25. The molecule has 1 saturated heterocycles. The molecule has 0 unspecified atom stereocenters. The summed E-state index contributed by atoms with van der Waals surface area (Å²) < 4.78 is 22.6. The zero-order valence-corrected chi connectivity index (χ0v) is 13.8. The first-order valence-corrected chi connectivity index (χ1v) is 8.29. The summed E-state index contributed by atoms with van der Waals surface area (Å²) in [7, 11) is 3.75. The van der Waals surface area contributed by atoms with Crippen molar-refractivity contribution in [2.24, 2.45) is 0 Å². The maximum atomic E-state index is 11.4. The van der Waals surface area contributed by atoms with Crippen molar-refractivity contribution in [3.63, 3.8) is 0 Å². The second-order valence-corrected chi connectivity index (χ2v) is 7.10. The number of fused-ring (bicyclic) bond motifs is 2. The second-order valence-electron chi connectivity index (χ2n) is 7.10. The molecule has 1 aromatic carbocycles. The lowest BCUT2D eigenvalue weighted by Crippen LogP contribution is -2.59. The Morgan fingerprint density at radius 3 is 2.88 bits per heavy atom. The third kappa shape index (κ3) is 1.64. The average Bonchev–Trinajstić information content (AvgIpc) is 3.13. The van der Waals surface area contributed by atoms with Gasteiger partial charge in [0.05, 0.1) is 24.7 Å². The zero-order chi connectivity index (χ0) is 16.5. The van der Waals surface area contributed by atoms with E-state index in [1.807, 2.05) is 25.3 Å². The van der Waals surface area contributed by atoms with Crippen LogP contribution in [-0.2, 0) is 21.5 Å². The molecule has 6 nitrogen and oxygen atoms in total. The number of rotatable bonds is 1. The van der Waals surface area contributed by atoms with E-state index in [9.17, 15) is 5.11 Å². The Balaban J connectivity index is 1.74. The van der Waals surface area contributed by atoms with Crippen molar-refractivity contribution in [1.82, 2.24) is 4.90 Å². The number of aliphatic hydroxyl groups is 1. The standard InChI is InChI=1S/C18H21NO5/c1-19-9-18(20)17(4-3-12(21-2)6-16(17)19)13-7-15-14(22-10-23-15)5-11(13)8-24-18/h3-5,7,12,16,20H,6,8-10H2,1-2H3/t12-,16-,17+,18-/m0/s1. The van der Waals surface area contributed by atoms with Gasteiger partial charge in [-0.2, -0.15) is 0 Å². The van der Waals surface area contributed by atoms with E-state index in [2.05, 4.69) is 11.0 Å². The molecule has 6 heteroatoms. The molecule has 128 valence electrons. The first-order valence-electron chi connectivity index (χ1n) is 8.29. The van der Waals surface area contributed by atoms with Gasteiger partial charge < -0.3 is 24.1 Å². The van der Waals surface area contributed by atoms with Crippen LogP contribution in [0.1, 0.15) is 17.5 Å². The van der Waals surface area contributed by atoms with Crippen LogP contribution in [-0.4, -0.2) is 55.4 Å². The molecule has 0 saturated carbocycles. The van der Waals surface area contributed by atoms with Crippen LogP contribution in [0, 0.1) is 0 Å². The lowest BCUT2D eigenvalue weighted by molar-refractivity contribution is -0.236. The fourth-order valence-corrected chi connectivity index (χ4v) is 4.86. The molecule has 0 bridgehead atoms. The van der Waals surface area contributed by atoms with E-state index in [1.165, 1.54) is 0 Å². The first-order chi connectivity index (χ1) is 11.6. The van der Waals surface area contributed by atoms with Crippen LogP contribution in [0.5, 0.6) is 11.5 Å². The quantitative estimate of drug-likeness (QED) is 0.780. The molecular weight excluding hydrogens is 310 g/mol. The monoisotopic (exact) mass is 331 g/mol. The van der Waals surface area contributed by atoms with Gasteiger partial charge in [-0.25, -0.2) is 0 Å². The molecule has 1 spiro atoms. The molecule has 4 aliphatic rings. The highest BCUT2D eigenvalue weighted by Crippen LogP contribution is 2.56. The Hall–Kier alpha value is -1.60. The molecule has 4 atom stereocenters. The Bertz CT molecular complexity index is 734. The Morgan fingerprint density at radius 2 is 2.08 bits per heavy atom. The lowest BCUT2D eigenvalue weighted by atomic mass is 9.64. The summed E-state index contributed by atoms with van der Waals surface area (Å²) in [5.41, 5.74) is 1.50. The van der Waals surface area contributed by atoms with Crippen LogP contribution in [0.2, 0.25) is 0 Å². The molecule has 0 aromatic heterocycles. The number of β-amino-alcohol motifs (C(OH)–C–C–N with tert-alkyl or cyclic N) is 1. The molecule has 3 aliphatic heterocycles. The van der Waals surface area contributed by atoms with Crippen molar-refractivity contribution < 1.29 is 24.1 Å². The maximum absolute atomic E-state index is 11.4. The predicted molar refractivity (Wildman–Crippen MR) is 85.0 cm³/mol. The van der Waals surface area contributed by atoms with Crippen molar-refractivity contribution in [3.05, 3.63) is 35.4 Å². The highest BCUT2D eigenvalue weighted by Gasteiger charge is 2.66. The Labute approximate surface area is 140 Å². The summed E-state index contributed by atoms with van der Waals surface area (Å²) in [5, 5.41) is 11.4. The van der Waals surface area contributed by atoms with Crippen molar-refractivity contribution in [2.45, 2.75) is 36.4 Å². The number of hydrogen-bond acceptors (Lipinski definition) is 6. The van der Waals surface area contributed by atoms with Gasteiger partial charge in [0.25, 0.3) is 0 Å². The number of methoxy groups -OCH3 is 1. The number of benzene rings is 1. The van der Waals surface area contributed by atoms with Gasteiger partial charge in [0.15, 0.2) is 17.3 Å². The van der Waals surface area contributed by atoms with Gasteiger partial charge in [0.1, 0.15) is 0 Å². The highest BCUT2D eigenvalue weighted by molar-refractivity contribution is 5.56. The van der Waals surface area contributed by atoms with Gasteiger partial charge in [-0.15, -0.1) is 0 Å². The van der Waals surface area contributed by atoms with E-state index < -0.39 is 11.2 Å². The van der Waals surface area contributed by atoms with E-state index >= 15 is 0 Å². The predicted octanol–water partition coefficient (Wildman–Crippen LogP) is 1.16. The van der Waals surface area contributed by atoms with E-state index in [4.69, 9.17) is 18.9 Å². The van der Waals surface area contributed by atoms with Gasteiger partial charge >= 0.3 is 0 Å². The summed E-state index contributed by atoms with van der Waals surface area (Å²) in [5.74, 6) is 0.238. The van der Waals surface area contributed by atoms with Gasteiger partial charge in [-0.05, 0) is 36.7 Å². The smallest absolute Gasteiger partial charge is 0.231 e. The molecular formula is C18H21NO5. The number of hydrogen-bond donors (Lipinski definition) is 1. The third-order valence-corrected chi connectivity index (χ3v) is 6.01. The third-order valence-electron chi connectivity index (χ3n) is 6.01. The van der Waals surface area contributed by atoms with E-state index in [0.717, 1.165) is 29.0 Å². The number of nitrogens with zero attached hydrogens (tertiary/aromatic N) is 1. The fraction of sp³-hybridized carbons (Fsp3) is 0.556. The van der Waals surface area contributed by atoms with Crippen LogP contribution >= 0.6 is 0 Å². The molecule has 0 amide bonds. The summed E-state index contributed by atoms with van der Waals surface area (Å²) in [6.45, 7) is 1.07. The van der Waals surface area contributed by atoms with Crippen molar-refractivity contribution in [1.29, 1.82) is 0 Å². The molecule has 3 heterocycles. The lowest BCUT2D eigenvalue weighted by Gasteiger charge is -2.49. The fourth-order valence-electron chi connectivity index (χ4n) is 4.86. The van der Waals surface area contributed by atoms with Gasteiger partial charge in [0, 0.05) is 13.2 Å². The maximum Gasteiger partial charge on any atom is 0.231 e. The second kappa shape index (κ2) is 4.73. The molecule has 1 fully saturated rings. The van der Waals surface area contributed by atoms with Gasteiger partial charge in [0.2, 0.25) is 6.79 Å². The van der Waals surface area contributed by atoms with Gasteiger partial charge in [-0.1, -0.05) is 12.2 Å². The van der Waals surface area contributed by atoms with Crippen LogP contribution in [0.4, 0.5) is 0 Å². The molecule has 1 aromatic rings. The summed E-state index contributed by atoms with van der Waals surface area (Å²) in [4.78, 5) is 2.18. The van der Waals surface area contributed by atoms with Crippen LogP contribution in [0.25, 0.3) is 0 Å². The molecule has 0 radical (unpaired) electrons. The Kier molecular flexibility index (Phi) is 2.90.